The lowest BCUT2D eigenvalue weighted by Gasteiger charge is -2.33. The number of carbonyl (C=O) groups excluding carboxylic acids is 1. The summed E-state index contributed by atoms with van der Waals surface area (Å²) >= 11 is 0. The lowest BCUT2D eigenvalue weighted by atomic mass is 10.0. The van der Waals surface area contributed by atoms with Crippen molar-refractivity contribution >= 4 is 5.91 Å². The van der Waals surface area contributed by atoms with E-state index in [0.29, 0.717) is 25.4 Å². The Labute approximate surface area is 133 Å². The zero-order valence-electron chi connectivity index (χ0n) is 13.8. The fraction of sp³-hybridized carbons (Fsp3) is 0.611. The van der Waals surface area contributed by atoms with Gasteiger partial charge in [-0.3, -0.25) is 4.79 Å². The fourth-order valence-corrected chi connectivity index (χ4v) is 2.82. The zero-order chi connectivity index (χ0) is 16.1. The molecular weight excluding hydrogens is 278 g/mol. The van der Waals surface area contributed by atoms with Crippen LogP contribution in [0.4, 0.5) is 0 Å². The number of aryl methyl sites for hydroxylation is 1. The number of likely N-dealkylation sites (tertiary alicyclic amines) is 1. The average molecular weight is 305 g/mol. The van der Waals surface area contributed by atoms with Crippen molar-refractivity contribution in [3.05, 3.63) is 29.8 Å². The van der Waals surface area contributed by atoms with Gasteiger partial charge in [0.2, 0.25) is 0 Å². The third-order valence-corrected chi connectivity index (χ3v) is 4.12. The van der Waals surface area contributed by atoms with Gasteiger partial charge in [0.25, 0.3) is 5.91 Å². The van der Waals surface area contributed by atoms with E-state index in [1.54, 1.807) is 4.90 Å². The smallest absolute Gasteiger partial charge is 0.251 e. The first-order valence-electron chi connectivity index (χ1n) is 8.16. The summed E-state index contributed by atoms with van der Waals surface area (Å²) in [5, 5.41) is 9.96. The second-order valence-corrected chi connectivity index (χ2v) is 6.55. The van der Waals surface area contributed by atoms with E-state index in [4.69, 9.17) is 4.74 Å². The summed E-state index contributed by atoms with van der Waals surface area (Å²) in [6.45, 7) is 7.38. The topological polar surface area (TPSA) is 49.8 Å². The van der Waals surface area contributed by atoms with Gasteiger partial charge in [0, 0.05) is 25.9 Å². The molecule has 1 atom stereocenters. The molecule has 0 bridgehead atoms. The van der Waals surface area contributed by atoms with E-state index in [1.165, 1.54) is 0 Å². The number of piperidine rings is 1. The number of ether oxygens (including phenoxy) is 1. The molecule has 1 amide bonds. The highest BCUT2D eigenvalue weighted by atomic mass is 16.5. The number of aliphatic hydroxyl groups excluding tert-OH is 1. The van der Waals surface area contributed by atoms with Gasteiger partial charge in [0.1, 0.15) is 18.0 Å². The lowest BCUT2D eigenvalue weighted by molar-refractivity contribution is -0.142. The molecule has 1 N–H and O–H groups in total. The van der Waals surface area contributed by atoms with E-state index in [9.17, 15) is 9.90 Å². The molecule has 0 spiro atoms. The molecule has 0 aliphatic carbocycles. The Hall–Kier alpha value is -1.55. The number of benzene rings is 1. The zero-order valence-corrected chi connectivity index (χ0v) is 13.8. The molecule has 0 saturated carbocycles. The summed E-state index contributed by atoms with van der Waals surface area (Å²) in [5.74, 6) is 1.11. The minimum Gasteiger partial charge on any atom is -0.490 e. The minimum atomic E-state index is -0.867. The maximum Gasteiger partial charge on any atom is 0.251 e. The first-order valence-corrected chi connectivity index (χ1v) is 8.16. The molecule has 1 aromatic rings. The SMILES string of the molecule is Cc1ccccc1OC1CCN(C(=O)[C@H](O)CC(C)C)CC1. The molecule has 1 saturated heterocycles. The average Bonchev–Trinajstić information content (AvgIpc) is 2.49. The lowest BCUT2D eigenvalue weighted by Crippen LogP contribution is -2.46. The molecule has 1 fully saturated rings. The predicted molar refractivity (Wildman–Crippen MR) is 86.9 cm³/mol. The number of hydrogen-bond donors (Lipinski definition) is 1. The third-order valence-electron chi connectivity index (χ3n) is 4.12. The molecular formula is C18H27NO3. The highest BCUT2D eigenvalue weighted by molar-refractivity contribution is 5.80. The predicted octanol–water partition coefficient (Wildman–Crippen LogP) is 2.77. The van der Waals surface area contributed by atoms with Crippen LogP contribution in [-0.2, 0) is 4.79 Å². The van der Waals surface area contributed by atoms with Crippen LogP contribution < -0.4 is 4.74 Å². The van der Waals surface area contributed by atoms with E-state index in [-0.39, 0.29) is 12.0 Å². The molecule has 4 heteroatoms. The van der Waals surface area contributed by atoms with Crippen molar-refractivity contribution in [2.45, 2.75) is 52.2 Å². The fourth-order valence-electron chi connectivity index (χ4n) is 2.82. The van der Waals surface area contributed by atoms with Gasteiger partial charge in [-0.25, -0.2) is 0 Å². The van der Waals surface area contributed by atoms with Crippen molar-refractivity contribution in [3.63, 3.8) is 0 Å². The number of aliphatic hydroxyl groups is 1. The Morgan fingerprint density at radius 1 is 1.32 bits per heavy atom. The van der Waals surface area contributed by atoms with Crippen molar-refractivity contribution in [1.82, 2.24) is 4.90 Å². The van der Waals surface area contributed by atoms with Gasteiger partial charge in [-0.15, -0.1) is 0 Å². The molecule has 4 nitrogen and oxygen atoms in total. The maximum absolute atomic E-state index is 12.2. The van der Waals surface area contributed by atoms with E-state index < -0.39 is 6.10 Å². The number of rotatable bonds is 5. The Morgan fingerprint density at radius 2 is 1.95 bits per heavy atom. The Balaban J connectivity index is 1.83. The van der Waals surface area contributed by atoms with Crippen molar-refractivity contribution in [2.75, 3.05) is 13.1 Å². The summed E-state index contributed by atoms with van der Waals surface area (Å²) < 4.78 is 6.04. The molecule has 1 aliphatic rings. The van der Waals surface area contributed by atoms with Crippen molar-refractivity contribution < 1.29 is 14.6 Å². The van der Waals surface area contributed by atoms with Crippen LogP contribution in [0.1, 0.15) is 38.7 Å². The van der Waals surface area contributed by atoms with Crippen molar-refractivity contribution in [2.24, 2.45) is 5.92 Å². The summed E-state index contributed by atoms with van der Waals surface area (Å²) in [6.07, 6.45) is 1.43. The molecule has 0 radical (unpaired) electrons. The third kappa shape index (κ3) is 4.47. The van der Waals surface area contributed by atoms with Crippen LogP contribution in [0.5, 0.6) is 5.75 Å². The van der Waals surface area contributed by atoms with Crippen molar-refractivity contribution in [3.8, 4) is 5.75 Å². The standard InChI is InChI=1S/C18H27NO3/c1-13(2)12-16(20)18(21)19-10-8-15(9-11-19)22-17-7-5-4-6-14(17)3/h4-7,13,15-16,20H,8-12H2,1-3H3/t16-/m1/s1. The molecule has 0 unspecified atom stereocenters. The van der Waals surface area contributed by atoms with Crippen LogP contribution in [0.2, 0.25) is 0 Å². The van der Waals surface area contributed by atoms with E-state index >= 15 is 0 Å². The van der Waals surface area contributed by atoms with E-state index in [2.05, 4.69) is 0 Å². The molecule has 2 rings (SSSR count). The number of nitrogens with zero attached hydrogens (tertiary/aromatic N) is 1. The molecule has 1 aromatic carbocycles. The normalized spacial score (nSPS) is 17.6. The van der Waals surface area contributed by atoms with Crippen LogP contribution >= 0.6 is 0 Å². The van der Waals surface area contributed by atoms with Crippen LogP contribution in [0.3, 0.4) is 0 Å². The molecule has 22 heavy (non-hydrogen) atoms. The van der Waals surface area contributed by atoms with Gasteiger partial charge in [0.15, 0.2) is 0 Å². The highest BCUT2D eigenvalue weighted by Crippen LogP contribution is 2.22. The minimum absolute atomic E-state index is 0.136. The van der Waals surface area contributed by atoms with Gasteiger partial charge in [-0.05, 0) is 30.9 Å². The maximum atomic E-state index is 12.2. The van der Waals surface area contributed by atoms with Crippen LogP contribution in [0.15, 0.2) is 24.3 Å². The van der Waals surface area contributed by atoms with Crippen LogP contribution in [0.25, 0.3) is 0 Å². The second-order valence-electron chi connectivity index (χ2n) is 6.55. The van der Waals surface area contributed by atoms with Gasteiger partial charge >= 0.3 is 0 Å². The molecule has 122 valence electrons. The Kier molecular flexibility index (Phi) is 5.83. The molecule has 1 heterocycles. The van der Waals surface area contributed by atoms with Gasteiger partial charge in [-0.1, -0.05) is 32.0 Å². The number of carbonyl (C=O) groups is 1. The van der Waals surface area contributed by atoms with Crippen LogP contribution in [0, 0.1) is 12.8 Å². The first-order chi connectivity index (χ1) is 10.5. The number of para-hydroxylation sites is 1. The summed E-state index contributed by atoms with van der Waals surface area (Å²) in [7, 11) is 0. The largest absolute Gasteiger partial charge is 0.490 e. The Bertz CT molecular complexity index is 493. The van der Waals surface area contributed by atoms with Crippen LogP contribution in [-0.4, -0.2) is 41.2 Å². The summed E-state index contributed by atoms with van der Waals surface area (Å²) in [6, 6.07) is 8.00. The summed E-state index contributed by atoms with van der Waals surface area (Å²) in [5.41, 5.74) is 1.13. The first kappa shape index (κ1) is 16.8. The summed E-state index contributed by atoms with van der Waals surface area (Å²) in [4.78, 5) is 14.0. The quantitative estimate of drug-likeness (QED) is 0.910. The Morgan fingerprint density at radius 3 is 2.55 bits per heavy atom. The molecule has 0 aromatic heterocycles. The van der Waals surface area contributed by atoms with Crippen molar-refractivity contribution in [1.29, 1.82) is 0 Å². The van der Waals surface area contributed by atoms with E-state index in [1.807, 2.05) is 45.0 Å². The van der Waals surface area contributed by atoms with Gasteiger partial charge in [0.05, 0.1) is 0 Å². The monoisotopic (exact) mass is 305 g/mol. The van der Waals surface area contributed by atoms with Gasteiger partial charge < -0.3 is 14.7 Å². The number of hydrogen-bond acceptors (Lipinski definition) is 3. The highest BCUT2D eigenvalue weighted by Gasteiger charge is 2.28. The number of amides is 1. The molecule has 1 aliphatic heterocycles. The van der Waals surface area contributed by atoms with Gasteiger partial charge in [-0.2, -0.15) is 0 Å². The second kappa shape index (κ2) is 7.63. The van der Waals surface area contributed by atoms with E-state index in [0.717, 1.165) is 24.2 Å².